The summed E-state index contributed by atoms with van der Waals surface area (Å²) in [6.07, 6.45) is 1.98. The number of carbonyl (C=O) groups excluding carboxylic acids is 2. The van der Waals surface area contributed by atoms with Gasteiger partial charge >= 0.3 is 11.9 Å². The van der Waals surface area contributed by atoms with E-state index in [2.05, 4.69) is 9.47 Å². The number of carbonyl (C=O) groups is 2. The van der Waals surface area contributed by atoms with Crippen molar-refractivity contribution in [3.63, 3.8) is 0 Å². The maximum atomic E-state index is 10.3. The van der Waals surface area contributed by atoms with Crippen LogP contribution in [0.4, 0.5) is 0 Å². The Morgan fingerprint density at radius 3 is 1.45 bits per heavy atom. The van der Waals surface area contributed by atoms with E-state index in [1.54, 1.807) is 0 Å². The molecule has 0 unspecified atom stereocenters. The van der Waals surface area contributed by atoms with Crippen LogP contribution in [0.2, 0.25) is 0 Å². The van der Waals surface area contributed by atoms with Gasteiger partial charge in [-0.1, -0.05) is 0 Å². The summed E-state index contributed by atoms with van der Waals surface area (Å²) in [6, 6.07) is 0. The lowest BCUT2D eigenvalue weighted by Gasteiger charge is -1.89. The summed E-state index contributed by atoms with van der Waals surface area (Å²) in [4.78, 5) is 20.6. The molecule has 5 heteroatoms. The van der Waals surface area contributed by atoms with Gasteiger partial charge in [0, 0.05) is 12.2 Å². The molecule has 0 aromatic heterocycles. The van der Waals surface area contributed by atoms with Crippen LogP contribution >= 0.6 is 0 Å². The Morgan fingerprint density at radius 2 is 1.27 bits per heavy atom. The molecule has 0 saturated carbocycles. The normalized spacial score (nSPS) is 8.55. The van der Waals surface area contributed by atoms with Crippen LogP contribution in [0, 0.1) is 0 Å². The van der Waals surface area contributed by atoms with Gasteiger partial charge in [-0.2, -0.15) is 0 Å². The molecule has 5 nitrogen and oxygen atoms in total. The number of hydrogen-bond donors (Lipinski definition) is 0. The summed E-state index contributed by atoms with van der Waals surface area (Å²) in [5.74, 6) is -1.16. The molecule has 0 aliphatic carbocycles. The summed E-state index contributed by atoms with van der Waals surface area (Å²) < 4.78 is 8.42. The van der Waals surface area contributed by atoms with Gasteiger partial charge in [-0.25, -0.2) is 9.59 Å². The number of rotatable bonds is 2. The van der Waals surface area contributed by atoms with Gasteiger partial charge < -0.3 is 14.9 Å². The van der Waals surface area contributed by atoms with Crippen LogP contribution in [-0.4, -0.2) is 31.6 Å². The topological polar surface area (TPSA) is 84.1 Å². The second-order valence-corrected chi connectivity index (χ2v) is 1.38. The average Bonchev–Trinajstić information content (AvgIpc) is 1.99. The van der Waals surface area contributed by atoms with E-state index >= 15 is 0 Å². The third-order valence-corrected chi connectivity index (χ3v) is 0.758. The first-order valence-corrected chi connectivity index (χ1v) is 2.54. The van der Waals surface area contributed by atoms with Gasteiger partial charge in [-0.15, -0.1) is 0 Å². The van der Waals surface area contributed by atoms with Crippen LogP contribution in [0.1, 0.15) is 0 Å². The minimum Gasteiger partial charge on any atom is -0.466 e. The predicted molar refractivity (Wildman–Crippen MR) is 36.8 cm³/mol. The van der Waals surface area contributed by atoms with Gasteiger partial charge in [0.05, 0.1) is 14.2 Å². The average molecular weight is 162 g/mol. The predicted octanol–water partition coefficient (Wildman–Crippen LogP) is -0.936. The zero-order valence-electron chi connectivity index (χ0n) is 6.29. The van der Waals surface area contributed by atoms with Gasteiger partial charge in [0.1, 0.15) is 0 Å². The molecule has 0 aliphatic heterocycles. The van der Waals surface area contributed by atoms with Crippen molar-refractivity contribution in [2.45, 2.75) is 0 Å². The minimum atomic E-state index is -0.578. The highest BCUT2D eigenvalue weighted by molar-refractivity contribution is 5.91. The van der Waals surface area contributed by atoms with E-state index in [4.69, 9.17) is 0 Å². The summed E-state index contributed by atoms with van der Waals surface area (Å²) in [5.41, 5.74) is 0. The fourth-order valence-electron chi connectivity index (χ4n) is 0.272. The van der Waals surface area contributed by atoms with Crippen LogP contribution < -0.4 is 0 Å². The number of esters is 2. The Morgan fingerprint density at radius 1 is 1.00 bits per heavy atom. The summed E-state index contributed by atoms with van der Waals surface area (Å²) in [6.45, 7) is 0. The van der Waals surface area contributed by atoms with E-state index in [1.807, 2.05) is 0 Å². The van der Waals surface area contributed by atoms with Crippen LogP contribution in [0.5, 0.6) is 0 Å². The van der Waals surface area contributed by atoms with Crippen molar-refractivity contribution in [3.8, 4) is 0 Å². The quantitative estimate of drug-likeness (QED) is 0.387. The van der Waals surface area contributed by atoms with Crippen LogP contribution in [0.25, 0.3) is 0 Å². The van der Waals surface area contributed by atoms with E-state index in [9.17, 15) is 9.59 Å². The molecular formula is C6H10O5. The molecule has 0 aromatic carbocycles. The second kappa shape index (κ2) is 6.76. The smallest absolute Gasteiger partial charge is 0.330 e. The first-order valence-electron chi connectivity index (χ1n) is 2.54. The zero-order chi connectivity index (χ0) is 7.98. The fourth-order valence-corrected chi connectivity index (χ4v) is 0.272. The second-order valence-electron chi connectivity index (χ2n) is 1.38. The largest absolute Gasteiger partial charge is 0.466 e. The molecule has 0 radical (unpaired) electrons. The lowest BCUT2D eigenvalue weighted by atomic mass is 10.5. The van der Waals surface area contributed by atoms with Crippen molar-refractivity contribution < 1.29 is 24.5 Å². The highest BCUT2D eigenvalue weighted by Crippen LogP contribution is 1.80. The van der Waals surface area contributed by atoms with Gasteiger partial charge in [0.15, 0.2) is 0 Å². The molecule has 11 heavy (non-hydrogen) atoms. The van der Waals surface area contributed by atoms with Gasteiger partial charge in [0.25, 0.3) is 0 Å². The Hall–Kier alpha value is -1.36. The summed E-state index contributed by atoms with van der Waals surface area (Å²) in [7, 11) is 2.45. The first kappa shape index (κ1) is 12.3. The van der Waals surface area contributed by atoms with Crippen molar-refractivity contribution in [3.05, 3.63) is 12.2 Å². The molecule has 0 bridgehead atoms. The number of methoxy groups -OCH3 is 2. The summed E-state index contributed by atoms with van der Waals surface area (Å²) in [5, 5.41) is 0. The van der Waals surface area contributed by atoms with Crippen molar-refractivity contribution in [2.24, 2.45) is 0 Å². The third-order valence-electron chi connectivity index (χ3n) is 0.758. The van der Waals surface area contributed by atoms with E-state index < -0.39 is 11.9 Å². The molecule has 0 heterocycles. The Labute approximate surface area is 63.9 Å². The standard InChI is InChI=1S/C6H8O4.H2O/c1-9-5(7)3-4-6(8)10-2;/h3-4H,1-2H3;1H2/b4-3-;. The maximum absolute atomic E-state index is 10.3. The Balaban J connectivity index is 0. The highest BCUT2D eigenvalue weighted by Gasteiger charge is 1.94. The molecule has 0 amide bonds. The van der Waals surface area contributed by atoms with Crippen LogP contribution in [0.15, 0.2) is 12.2 Å². The lowest BCUT2D eigenvalue weighted by Crippen LogP contribution is -1.98. The fraction of sp³-hybridized carbons (Fsp3) is 0.333. The van der Waals surface area contributed by atoms with Gasteiger partial charge in [-0.05, 0) is 0 Å². The zero-order valence-corrected chi connectivity index (χ0v) is 6.29. The molecule has 0 aliphatic rings. The molecule has 0 aromatic rings. The van der Waals surface area contributed by atoms with Crippen molar-refractivity contribution >= 4 is 11.9 Å². The van der Waals surface area contributed by atoms with Crippen LogP contribution in [0.3, 0.4) is 0 Å². The van der Waals surface area contributed by atoms with E-state index in [0.29, 0.717) is 0 Å². The summed E-state index contributed by atoms with van der Waals surface area (Å²) >= 11 is 0. The molecule has 0 atom stereocenters. The highest BCUT2D eigenvalue weighted by atomic mass is 16.5. The monoisotopic (exact) mass is 162 g/mol. The molecule has 2 N–H and O–H groups in total. The van der Waals surface area contributed by atoms with Crippen LogP contribution in [-0.2, 0) is 19.1 Å². The van der Waals surface area contributed by atoms with Gasteiger partial charge in [-0.3, -0.25) is 0 Å². The van der Waals surface area contributed by atoms with Crippen molar-refractivity contribution in [1.82, 2.24) is 0 Å². The molecule has 0 spiro atoms. The molecule has 0 rings (SSSR count). The lowest BCUT2D eigenvalue weighted by molar-refractivity contribution is -0.137. The van der Waals surface area contributed by atoms with E-state index in [1.165, 1.54) is 14.2 Å². The number of hydrogen-bond acceptors (Lipinski definition) is 4. The maximum Gasteiger partial charge on any atom is 0.330 e. The third kappa shape index (κ3) is 6.53. The van der Waals surface area contributed by atoms with Crippen molar-refractivity contribution in [2.75, 3.05) is 14.2 Å². The first-order chi connectivity index (χ1) is 4.70. The minimum absolute atomic E-state index is 0. The van der Waals surface area contributed by atoms with E-state index in [-0.39, 0.29) is 5.48 Å². The Bertz CT molecular complexity index is 142. The number of ether oxygens (including phenoxy) is 2. The Kier molecular flexibility index (Phi) is 7.57. The van der Waals surface area contributed by atoms with E-state index in [0.717, 1.165) is 12.2 Å². The molecule has 0 saturated heterocycles. The molecule has 64 valence electrons. The van der Waals surface area contributed by atoms with Gasteiger partial charge in [0.2, 0.25) is 0 Å². The molecular weight excluding hydrogens is 152 g/mol. The molecule has 0 fully saturated rings. The van der Waals surface area contributed by atoms with Crippen molar-refractivity contribution in [1.29, 1.82) is 0 Å². The SMILES string of the molecule is COC(=O)/C=C\C(=O)OC.O.